The molecule has 6 nitrogen and oxygen atoms in total. The first-order valence-electron chi connectivity index (χ1n) is 9.13. The minimum atomic E-state index is -1.13. The maximum Gasteiger partial charge on any atom is 0.326 e. The fraction of sp³-hybridized carbons (Fsp3) is 0.227. The summed E-state index contributed by atoms with van der Waals surface area (Å²) >= 11 is 5.89. The molecule has 0 aliphatic carbocycles. The third-order valence-electron chi connectivity index (χ3n) is 4.02. The summed E-state index contributed by atoms with van der Waals surface area (Å²) in [4.78, 5) is 36.8. The molecule has 0 aliphatic heterocycles. The van der Waals surface area contributed by atoms with Crippen LogP contribution in [-0.2, 0) is 9.59 Å². The zero-order valence-electron chi connectivity index (χ0n) is 16.2. The van der Waals surface area contributed by atoms with Gasteiger partial charge in [0.1, 0.15) is 11.7 Å². The van der Waals surface area contributed by atoms with Crippen LogP contribution in [0.5, 0.6) is 0 Å². The number of hydrogen-bond donors (Lipinski definition) is 3. The van der Waals surface area contributed by atoms with E-state index in [1.807, 2.05) is 13.8 Å². The van der Waals surface area contributed by atoms with E-state index in [9.17, 15) is 19.5 Å². The van der Waals surface area contributed by atoms with Gasteiger partial charge in [0.05, 0.1) is 0 Å². The van der Waals surface area contributed by atoms with Crippen LogP contribution < -0.4 is 10.6 Å². The molecule has 0 heterocycles. The molecule has 0 aromatic heterocycles. The van der Waals surface area contributed by atoms with Crippen LogP contribution >= 0.6 is 11.6 Å². The lowest BCUT2D eigenvalue weighted by Gasteiger charge is -2.18. The van der Waals surface area contributed by atoms with E-state index in [4.69, 9.17) is 11.6 Å². The number of carboxylic acids is 1. The highest BCUT2D eigenvalue weighted by Crippen LogP contribution is 2.13. The zero-order valence-corrected chi connectivity index (χ0v) is 16.9. The number of hydrogen-bond acceptors (Lipinski definition) is 3. The van der Waals surface area contributed by atoms with Gasteiger partial charge in [-0.25, -0.2) is 4.79 Å². The van der Waals surface area contributed by atoms with Crippen LogP contribution in [0.3, 0.4) is 0 Å². The van der Waals surface area contributed by atoms with Gasteiger partial charge in [0.25, 0.3) is 11.8 Å². The molecule has 2 aromatic rings. The second-order valence-electron chi connectivity index (χ2n) is 6.92. The molecule has 0 bridgehead atoms. The number of rotatable bonds is 8. The Morgan fingerprint density at radius 2 is 1.66 bits per heavy atom. The van der Waals surface area contributed by atoms with Crippen LogP contribution in [0.15, 0.2) is 60.3 Å². The first-order valence-corrected chi connectivity index (χ1v) is 9.51. The van der Waals surface area contributed by atoms with E-state index in [1.165, 1.54) is 6.08 Å². The average molecular weight is 415 g/mol. The lowest BCUT2D eigenvalue weighted by molar-refractivity contribution is -0.141. The molecule has 0 saturated carbocycles. The van der Waals surface area contributed by atoms with Crippen molar-refractivity contribution in [3.63, 3.8) is 0 Å². The molecule has 1 unspecified atom stereocenters. The molecule has 0 radical (unpaired) electrons. The lowest BCUT2D eigenvalue weighted by Crippen LogP contribution is -2.45. The van der Waals surface area contributed by atoms with Crippen molar-refractivity contribution in [2.75, 3.05) is 0 Å². The Morgan fingerprint density at radius 1 is 1.03 bits per heavy atom. The Balaban J connectivity index is 2.30. The molecule has 0 spiro atoms. The van der Waals surface area contributed by atoms with E-state index < -0.39 is 23.8 Å². The summed E-state index contributed by atoms with van der Waals surface area (Å²) in [6.45, 7) is 3.73. The average Bonchev–Trinajstić information content (AvgIpc) is 2.68. The number of amides is 2. The Hall–Kier alpha value is -3.12. The van der Waals surface area contributed by atoms with Crippen molar-refractivity contribution in [3.8, 4) is 0 Å². The molecule has 0 aliphatic rings. The van der Waals surface area contributed by atoms with E-state index in [2.05, 4.69) is 10.6 Å². The van der Waals surface area contributed by atoms with Crippen LogP contribution in [0.25, 0.3) is 6.08 Å². The number of carboxylic acid groups (broad SMARTS) is 1. The number of aliphatic carboxylic acids is 1. The third kappa shape index (κ3) is 7.08. The van der Waals surface area contributed by atoms with Crippen molar-refractivity contribution in [1.29, 1.82) is 0 Å². The fourth-order valence-electron chi connectivity index (χ4n) is 2.60. The minimum Gasteiger partial charge on any atom is -0.480 e. The van der Waals surface area contributed by atoms with Crippen LogP contribution in [-0.4, -0.2) is 28.9 Å². The maximum atomic E-state index is 12.8. The number of carbonyl (C=O) groups is 3. The molecule has 29 heavy (non-hydrogen) atoms. The third-order valence-corrected chi connectivity index (χ3v) is 4.27. The number of nitrogens with one attached hydrogen (secondary N) is 2. The van der Waals surface area contributed by atoms with Crippen molar-refractivity contribution in [2.24, 2.45) is 5.92 Å². The van der Waals surface area contributed by atoms with E-state index in [0.29, 0.717) is 16.1 Å². The molecule has 3 N–H and O–H groups in total. The van der Waals surface area contributed by atoms with Crippen molar-refractivity contribution in [1.82, 2.24) is 10.6 Å². The molecule has 0 fully saturated rings. The van der Waals surface area contributed by atoms with Gasteiger partial charge in [-0.1, -0.05) is 55.8 Å². The summed E-state index contributed by atoms with van der Waals surface area (Å²) in [6, 6.07) is 14.0. The van der Waals surface area contributed by atoms with Gasteiger partial charge in [-0.2, -0.15) is 0 Å². The Kier molecular flexibility index (Phi) is 7.98. The van der Waals surface area contributed by atoms with Gasteiger partial charge < -0.3 is 15.7 Å². The Labute approximate surface area is 174 Å². The summed E-state index contributed by atoms with van der Waals surface area (Å²) in [5.74, 6) is -2.22. The van der Waals surface area contributed by atoms with Crippen LogP contribution in [0.2, 0.25) is 5.02 Å². The standard InChI is InChI=1S/C22H23ClN2O4/c1-14(2)12-19(22(28)29)25-21(27)18(13-15-8-10-17(23)11-9-15)24-20(26)16-6-4-3-5-7-16/h3-11,13-14,19H,12H2,1-2H3,(H,24,26)(H,25,27)(H,28,29)/b18-13+. The van der Waals surface area contributed by atoms with Crippen molar-refractivity contribution < 1.29 is 19.5 Å². The van der Waals surface area contributed by atoms with E-state index in [0.717, 1.165) is 0 Å². The van der Waals surface area contributed by atoms with E-state index >= 15 is 0 Å². The van der Waals surface area contributed by atoms with Gasteiger partial charge in [0.2, 0.25) is 0 Å². The van der Waals surface area contributed by atoms with Gasteiger partial charge >= 0.3 is 5.97 Å². The normalized spacial score (nSPS) is 12.3. The predicted molar refractivity (Wildman–Crippen MR) is 112 cm³/mol. The first kappa shape index (κ1) is 22.2. The topological polar surface area (TPSA) is 95.5 Å². The van der Waals surface area contributed by atoms with E-state index in [1.54, 1.807) is 54.6 Å². The second kappa shape index (κ2) is 10.4. The summed E-state index contributed by atoms with van der Waals surface area (Å²) in [5.41, 5.74) is 0.944. The molecule has 2 amide bonds. The van der Waals surface area contributed by atoms with Crippen LogP contribution in [0.1, 0.15) is 36.2 Å². The minimum absolute atomic E-state index is 0.0591. The first-order chi connectivity index (χ1) is 13.8. The number of carbonyl (C=O) groups excluding carboxylic acids is 2. The van der Waals surface area contributed by atoms with Crippen molar-refractivity contribution >= 4 is 35.5 Å². The van der Waals surface area contributed by atoms with Gasteiger partial charge in [-0.15, -0.1) is 0 Å². The molecule has 2 rings (SSSR count). The molecule has 7 heteroatoms. The Bertz CT molecular complexity index is 893. The largest absolute Gasteiger partial charge is 0.480 e. The van der Waals surface area contributed by atoms with Crippen LogP contribution in [0, 0.1) is 5.92 Å². The lowest BCUT2D eigenvalue weighted by atomic mass is 10.0. The molecule has 1 atom stereocenters. The zero-order chi connectivity index (χ0) is 21.4. The molecular formula is C22H23ClN2O4. The van der Waals surface area contributed by atoms with Crippen LogP contribution in [0.4, 0.5) is 0 Å². The van der Waals surface area contributed by atoms with Crippen molar-refractivity contribution in [3.05, 3.63) is 76.4 Å². The molecule has 152 valence electrons. The van der Waals surface area contributed by atoms with Gasteiger partial charge in [-0.05, 0) is 48.2 Å². The summed E-state index contributed by atoms with van der Waals surface area (Å²) in [5, 5.41) is 15.0. The number of halogens is 1. The van der Waals surface area contributed by atoms with Gasteiger partial charge in [0.15, 0.2) is 0 Å². The quantitative estimate of drug-likeness (QED) is 0.573. The van der Waals surface area contributed by atoms with Crippen molar-refractivity contribution in [2.45, 2.75) is 26.3 Å². The molecular weight excluding hydrogens is 392 g/mol. The second-order valence-corrected chi connectivity index (χ2v) is 7.36. The summed E-state index contributed by atoms with van der Waals surface area (Å²) in [6.07, 6.45) is 1.74. The highest BCUT2D eigenvalue weighted by atomic mass is 35.5. The van der Waals surface area contributed by atoms with Gasteiger partial charge in [0, 0.05) is 10.6 Å². The molecule has 0 saturated heterocycles. The monoisotopic (exact) mass is 414 g/mol. The molecule has 2 aromatic carbocycles. The summed E-state index contributed by atoms with van der Waals surface area (Å²) in [7, 11) is 0. The highest BCUT2D eigenvalue weighted by Gasteiger charge is 2.24. The number of benzene rings is 2. The highest BCUT2D eigenvalue weighted by molar-refractivity contribution is 6.30. The maximum absolute atomic E-state index is 12.8. The predicted octanol–water partition coefficient (Wildman–Crippen LogP) is 3.73. The fourth-order valence-corrected chi connectivity index (χ4v) is 2.72. The van der Waals surface area contributed by atoms with E-state index in [-0.39, 0.29) is 18.0 Å². The smallest absolute Gasteiger partial charge is 0.326 e. The SMILES string of the molecule is CC(C)CC(NC(=O)/C(=C\c1ccc(Cl)cc1)NC(=O)c1ccccc1)C(=O)O. The summed E-state index contributed by atoms with van der Waals surface area (Å²) < 4.78 is 0. The van der Waals surface area contributed by atoms with Gasteiger partial charge in [-0.3, -0.25) is 9.59 Å². The Morgan fingerprint density at radius 3 is 2.21 bits per heavy atom.